The van der Waals surface area contributed by atoms with Crippen LogP contribution in [0.5, 0.6) is 0 Å². The highest BCUT2D eigenvalue weighted by Crippen LogP contribution is 2.54. The molecule has 3 amide bonds. The second-order valence-electron chi connectivity index (χ2n) is 14.4. The van der Waals surface area contributed by atoms with Crippen LogP contribution in [0.15, 0.2) is 47.5 Å². The van der Waals surface area contributed by atoms with Gasteiger partial charge in [0.2, 0.25) is 24.2 Å². The summed E-state index contributed by atoms with van der Waals surface area (Å²) in [5.41, 5.74) is 3.75. The van der Waals surface area contributed by atoms with Crippen molar-refractivity contribution in [2.45, 2.75) is 73.8 Å². The Hall–Kier alpha value is -4.60. The maximum atomic E-state index is 14.9. The van der Waals surface area contributed by atoms with Gasteiger partial charge < -0.3 is 21.3 Å². The zero-order valence-electron chi connectivity index (χ0n) is 29.2. The Balaban J connectivity index is 0.814. The van der Waals surface area contributed by atoms with Crippen LogP contribution >= 0.6 is 11.9 Å². The quantitative estimate of drug-likeness (QED) is 0.0933. The third-order valence-electron chi connectivity index (χ3n) is 10.9. The van der Waals surface area contributed by atoms with Gasteiger partial charge in [0.25, 0.3) is 0 Å². The molecule has 52 heavy (non-hydrogen) atoms. The molecule has 0 atom stereocenters. The van der Waals surface area contributed by atoms with Crippen molar-refractivity contribution in [1.29, 1.82) is 0 Å². The van der Waals surface area contributed by atoms with Gasteiger partial charge in [-0.05, 0) is 111 Å². The molecule has 5 heterocycles. The predicted octanol–water partition coefficient (Wildman–Crippen LogP) is 4.52. The minimum absolute atomic E-state index is 0.0451. The summed E-state index contributed by atoms with van der Waals surface area (Å²) in [5, 5.41) is 17.2. The second-order valence-corrected chi connectivity index (χ2v) is 15.6. The molecule has 13 nitrogen and oxygen atoms in total. The average Bonchev–Trinajstić information content (AvgIpc) is 3.82. The number of halogens is 1. The highest BCUT2D eigenvalue weighted by molar-refractivity contribution is 7.97. The number of hydrogen-bond donors (Lipinski definition) is 4. The molecule has 0 radical (unpaired) electrons. The minimum atomic E-state index is -0.379. The average molecular weight is 727 g/mol. The van der Waals surface area contributed by atoms with Gasteiger partial charge in [0.05, 0.1) is 10.9 Å². The van der Waals surface area contributed by atoms with Crippen molar-refractivity contribution in [2.75, 3.05) is 48.7 Å². The summed E-state index contributed by atoms with van der Waals surface area (Å²) in [7, 11) is 1.88. The zero-order chi connectivity index (χ0) is 35.8. The first-order chi connectivity index (χ1) is 25.3. The Kier molecular flexibility index (Phi) is 9.57. The van der Waals surface area contributed by atoms with Gasteiger partial charge in [-0.15, -0.1) is 0 Å². The molecule has 8 rings (SSSR count). The van der Waals surface area contributed by atoms with Crippen LogP contribution in [0.4, 0.5) is 22.0 Å². The Morgan fingerprint density at radius 1 is 1.10 bits per heavy atom. The van der Waals surface area contributed by atoms with Crippen molar-refractivity contribution in [3.05, 3.63) is 65.1 Å². The van der Waals surface area contributed by atoms with Crippen molar-refractivity contribution in [1.82, 2.24) is 34.3 Å². The Morgan fingerprint density at radius 2 is 1.90 bits per heavy atom. The number of likely N-dealkylation sites (tertiary alicyclic amines) is 1. The summed E-state index contributed by atoms with van der Waals surface area (Å²) < 4.78 is 18.9. The lowest BCUT2D eigenvalue weighted by Gasteiger charge is -2.33. The number of amides is 3. The minimum Gasteiger partial charge on any atom is -0.358 e. The first kappa shape index (κ1) is 34.5. The monoisotopic (exact) mass is 726 g/mol. The number of hydrogen-bond acceptors (Lipinski definition) is 10. The van der Waals surface area contributed by atoms with Crippen LogP contribution in [0.2, 0.25) is 0 Å². The van der Waals surface area contributed by atoms with Gasteiger partial charge in [-0.1, -0.05) is 6.07 Å². The van der Waals surface area contributed by atoms with Crippen molar-refractivity contribution in [3.8, 4) is 0 Å². The number of carbonyl (C=O) groups is 3. The van der Waals surface area contributed by atoms with E-state index in [-0.39, 0.29) is 42.1 Å². The number of piperidine rings is 2. The van der Waals surface area contributed by atoms with E-state index in [1.807, 2.05) is 13.1 Å². The first-order valence-corrected chi connectivity index (χ1v) is 18.9. The van der Waals surface area contributed by atoms with Gasteiger partial charge in [0.15, 0.2) is 5.82 Å². The van der Waals surface area contributed by atoms with Gasteiger partial charge in [-0.25, -0.2) is 13.7 Å². The van der Waals surface area contributed by atoms with Gasteiger partial charge in [-0.3, -0.25) is 24.0 Å². The predicted molar refractivity (Wildman–Crippen MR) is 197 cm³/mol. The standard InChI is InChI=1S/C37H43FN10O3S/c1-46-31-18-25(2-3-29(31)33(45-46)42-32(50)4-11-39-22-49)24-5-12-47(13-6-24)21-23-16-26(38)19-28(17-23)52-48-14-7-27(8-15-48)41-36-40-20-30-34(44-36)43-35(51)37(30)9-10-37/h2-3,16-20,22,24,27H,4-15,21H2,1H3,(H,39,49)(H,42,45,50)(H2,40,41,43,44,51). The highest BCUT2D eigenvalue weighted by Gasteiger charge is 2.57. The number of nitrogens with one attached hydrogen (secondary N) is 4. The molecule has 15 heteroatoms. The fourth-order valence-electron chi connectivity index (χ4n) is 7.80. The van der Waals surface area contributed by atoms with E-state index in [1.54, 1.807) is 35.0 Å². The summed E-state index contributed by atoms with van der Waals surface area (Å²) in [5.74, 6) is 1.76. The van der Waals surface area contributed by atoms with Gasteiger partial charge in [-0.2, -0.15) is 10.1 Å². The lowest BCUT2D eigenvalue weighted by molar-refractivity contribution is -0.118. The molecule has 1 spiro atoms. The molecule has 1 aliphatic carbocycles. The first-order valence-electron chi connectivity index (χ1n) is 18.1. The van der Waals surface area contributed by atoms with E-state index in [9.17, 15) is 18.8 Å². The number of anilines is 3. The fourth-order valence-corrected chi connectivity index (χ4v) is 8.86. The van der Waals surface area contributed by atoms with Crippen LogP contribution in [-0.4, -0.2) is 85.9 Å². The van der Waals surface area contributed by atoms with Crippen molar-refractivity contribution < 1.29 is 18.8 Å². The fraction of sp³-hybridized carbons (Fsp3) is 0.459. The number of nitrogens with zero attached hydrogens (tertiary/aromatic N) is 6. The Labute approximate surface area is 305 Å². The molecular formula is C37H43FN10O3S. The molecule has 1 saturated carbocycles. The van der Waals surface area contributed by atoms with Gasteiger partial charge in [0, 0.05) is 67.7 Å². The maximum Gasteiger partial charge on any atom is 0.236 e. The topological polar surface area (TPSA) is 149 Å². The number of rotatable bonds is 12. The largest absolute Gasteiger partial charge is 0.358 e. The van der Waals surface area contributed by atoms with Gasteiger partial charge in [0.1, 0.15) is 11.6 Å². The maximum absolute atomic E-state index is 14.9. The molecule has 2 aromatic carbocycles. The summed E-state index contributed by atoms with van der Waals surface area (Å²) in [4.78, 5) is 47.5. The van der Waals surface area contributed by atoms with Crippen LogP contribution in [0.1, 0.15) is 67.6 Å². The van der Waals surface area contributed by atoms with E-state index in [2.05, 4.69) is 63.7 Å². The molecule has 4 aliphatic rings. The van der Waals surface area contributed by atoms with Crippen LogP contribution in [-0.2, 0) is 33.4 Å². The normalized spacial score (nSPS) is 19.1. The molecule has 2 saturated heterocycles. The smallest absolute Gasteiger partial charge is 0.236 e. The molecule has 0 unspecified atom stereocenters. The van der Waals surface area contributed by atoms with Crippen LogP contribution < -0.4 is 21.3 Å². The Bertz CT molecular complexity index is 2000. The summed E-state index contributed by atoms with van der Waals surface area (Å²) in [6, 6.07) is 12.0. The summed E-state index contributed by atoms with van der Waals surface area (Å²) in [6.45, 7) is 4.54. The van der Waals surface area contributed by atoms with Crippen molar-refractivity contribution in [3.63, 3.8) is 0 Å². The van der Waals surface area contributed by atoms with E-state index >= 15 is 0 Å². The highest BCUT2D eigenvalue weighted by atomic mass is 32.2. The number of fused-ring (bicyclic) bond motifs is 3. The number of aromatic nitrogens is 4. The van der Waals surface area contributed by atoms with Crippen molar-refractivity contribution >= 4 is 58.7 Å². The second kappa shape index (κ2) is 14.4. The molecule has 272 valence electrons. The third kappa shape index (κ3) is 7.21. The van der Waals surface area contributed by atoms with Gasteiger partial charge >= 0.3 is 0 Å². The molecular weight excluding hydrogens is 684 g/mol. The SMILES string of the molecule is Cn1nc(NC(=O)CCNC=O)c2ccc(C3CCN(Cc4cc(F)cc(SN5CCC(Nc6ncc7c(n6)NC(=O)C76CC6)CC5)c4)CC3)cc21. The molecule has 0 bridgehead atoms. The third-order valence-corrected chi connectivity index (χ3v) is 11.9. The Morgan fingerprint density at radius 3 is 2.67 bits per heavy atom. The molecule has 3 fully saturated rings. The number of carbonyl (C=O) groups excluding carboxylic acids is 3. The zero-order valence-corrected chi connectivity index (χ0v) is 30.0. The van der Waals surface area contributed by atoms with E-state index in [0.29, 0.717) is 36.5 Å². The summed E-state index contributed by atoms with van der Waals surface area (Å²) >= 11 is 1.62. The van der Waals surface area contributed by atoms with Crippen LogP contribution in [0.3, 0.4) is 0 Å². The molecule has 4 aromatic rings. The number of benzene rings is 2. The van der Waals surface area contributed by atoms with E-state index in [4.69, 9.17) is 0 Å². The molecule has 2 aromatic heterocycles. The number of aryl methyl sites for hydroxylation is 1. The van der Waals surface area contributed by atoms with E-state index in [1.165, 1.54) is 5.56 Å². The lowest BCUT2D eigenvalue weighted by atomic mass is 9.89. The van der Waals surface area contributed by atoms with E-state index in [0.717, 1.165) is 91.6 Å². The lowest BCUT2D eigenvalue weighted by Crippen LogP contribution is -2.36. The van der Waals surface area contributed by atoms with Crippen molar-refractivity contribution in [2.24, 2.45) is 7.05 Å². The molecule has 4 N–H and O–H groups in total. The van der Waals surface area contributed by atoms with E-state index < -0.39 is 0 Å². The van der Waals surface area contributed by atoms with Crippen LogP contribution in [0, 0.1) is 5.82 Å². The molecule has 3 aliphatic heterocycles. The van der Waals surface area contributed by atoms with Crippen LogP contribution in [0.25, 0.3) is 10.9 Å². The summed E-state index contributed by atoms with van der Waals surface area (Å²) in [6.07, 6.45) is 8.12.